The Hall–Kier alpha value is -1.31. The van der Waals surface area contributed by atoms with Crippen LogP contribution in [0.5, 0.6) is 0 Å². The van der Waals surface area contributed by atoms with E-state index in [-0.39, 0.29) is 0 Å². The number of hydrogen-bond donors (Lipinski definition) is 5. The highest BCUT2D eigenvalue weighted by atomic mass is 16.7. The number of nitrogens with zero attached hydrogens (tertiary/aromatic N) is 1. The van der Waals surface area contributed by atoms with Crippen LogP contribution in [0.15, 0.2) is 23.8 Å². The Morgan fingerprint density at radius 2 is 2.00 bits per heavy atom. The first-order chi connectivity index (χ1) is 10.5. The summed E-state index contributed by atoms with van der Waals surface area (Å²) in [5.74, 6) is 0. The van der Waals surface area contributed by atoms with E-state index in [1.807, 2.05) is 6.07 Å². The molecule has 1 aliphatic carbocycles. The van der Waals surface area contributed by atoms with E-state index >= 15 is 0 Å². The van der Waals surface area contributed by atoms with Crippen LogP contribution >= 0.6 is 0 Å². The molecule has 1 fully saturated rings. The molecule has 0 saturated carbocycles. The van der Waals surface area contributed by atoms with Crippen LogP contribution in [0.2, 0.25) is 0 Å². The van der Waals surface area contributed by atoms with Gasteiger partial charge in [0.1, 0.15) is 24.4 Å². The van der Waals surface area contributed by atoms with Crippen molar-refractivity contribution in [2.24, 2.45) is 0 Å². The van der Waals surface area contributed by atoms with E-state index in [2.05, 4.69) is 0 Å². The van der Waals surface area contributed by atoms with Crippen LogP contribution in [0.4, 0.5) is 0 Å². The van der Waals surface area contributed by atoms with Gasteiger partial charge < -0.3 is 35.0 Å². The van der Waals surface area contributed by atoms with Gasteiger partial charge in [-0.15, -0.1) is 0 Å². The first-order valence-electron chi connectivity index (χ1n) is 6.89. The lowest BCUT2D eigenvalue weighted by molar-refractivity contribution is -0.304. The Balaban J connectivity index is 2.07. The Kier molecular flexibility index (Phi) is 5.66. The Labute approximate surface area is 127 Å². The van der Waals surface area contributed by atoms with E-state index in [0.717, 1.165) is 0 Å². The summed E-state index contributed by atoms with van der Waals surface area (Å²) in [6.07, 6.45) is -3.76. The maximum atomic E-state index is 9.88. The zero-order valence-electron chi connectivity index (χ0n) is 11.7. The van der Waals surface area contributed by atoms with Gasteiger partial charge in [-0.2, -0.15) is 5.26 Å². The van der Waals surface area contributed by atoms with Crippen LogP contribution in [0.1, 0.15) is 6.42 Å². The van der Waals surface area contributed by atoms with Crippen LogP contribution in [0.25, 0.3) is 0 Å². The lowest BCUT2D eigenvalue weighted by Crippen LogP contribution is -2.59. The first-order valence-corrected chi connectivity index (χ1v) is 6.89. The van der Waals surface area contributed by atoms with Crippen molar-refractivity contribution < 1.29 is 35.0 Å². The van der Waals surface area contributed by atoms with Crippen molar-refractivity contribution in [3.8, 4) is 6.07 Å². The molecular formula is C14H19NO7. The topological polar surface area (TPSA) is 143 Å². The Morgan fingerprint density at radius 1 is 1.27 bits per heavy atom. The molecule has 0 aromatic carbocycles. The van der Waals surface area contributed by atoms with Gasteiger partial charge in [-0.05, 0) is 12.0 Å². The zero-order valence-corrected chi connectivity index (χ0v) is 11.7. The highest BCUT2D eigenvalue weighted by Crippen LogP contribution is 2.25. The largest absolute Gasteiger partial charge is 0.394 e. The second-order valence-electron chi connectivity index (χ2n) is 5.21. The van der Waals surface area contributed by atoms with Crippen molar-refractivity contribution in [2.45, 2.75) is 49.3 Å². The first kappa shape index (κ1) is 17.1. The molecule has 0 aromatic heterocycles. The van der Waals surface area contributed by atoms with Crippen molar-refractivity contribution in [1.29, 1.82) is 5.26 Å². The van der Waals surface area contributed by atoms with Crippen molar-refractivity contribution in [1.82, 2.24) is 0 Å². The van der Waals surface area contributed by atoms with Gasteiger partial charge in [0, 0.05) is 0 Å². The fourth-order valence-corrected chi connectivity index (χ4v) is 2.32. The van der Waals surface area contributed by atoms with E-state index in [0.29, 0.717) is 12.0 Å². The van der Waals surface area contributed by atoms with E-state index in [1.54, 1.807) is 6.08 Å². The highest BCUT2D eigenvalue weighted by molar-refractivity contribution is 5.32. The second-order valence-corrected chi connectivity index (χ2v) is 5.21. The lowest BCUT2D eigenvalue weighted by Gasteiger charge is -2.40. The number of nitriles is 1. The molecule has 8 nitrogen and oxygen atoms in total. The molecule has 7 atom stereocenters. The minimum atomic E-state index is -1.56. The molecule has 2 rings (SSSR count). The van der Waals surface area contributed by atoms with Crippen molar-refractivity contribution >= 4 is 0 Å². The van der Waals surface area contributed by atoms with Gasteiger partial charge in [-0.25, -0.2) is 0 Å². The molecule has 5 N–H and O–H groups in total. The molecule has 2 aliphatic rings. The van der Waals surface area contributed by atoms with Gasteiger partial charge in [-0.3, -0.25) is 0 Å². The Bertz CT molecular complexity index is 484. The predicted octanol–water partition coefficient (Wildman–Crippen LogP) is -2.06. The van der Waals surface area contributed by atoms with Crippen LogP contribution in [-0.2, 0) is 9.47 Å². The molecule has 8 heteroatoms. The van der Waals surface area contributed by atoms with E-state index in [4.69, 9.17) is 14.6 Å². The zero-order chi connectivity index (χ0) is 16.3. The summed E-state index contributed by atoms with van der Waals surface area (Å²) in [6, 6.07) is 1.89. The highest BCUT2D eigenvalue weighted by Gasteiger charge is 2.45. The monoisotopic (exact) mass is 313 g/mol. The van der Waals surface area contributed by atoms with Gasteiger partial charge >= 0.3 is 0 Å². The maximum Gasteiger partial charge on any atom is 0.188 e. The molecule has 22 heavy (non-hydrogen) atoms. The van der Waals surface area contributed by atoms with E-state index < -0.39 is 49.5 Å². The number of hydrogen-bond acceptors (Lipinski definition) is 8. The SMILES string of the molecule is N#C[C@@H](O[C@@H]1O[C@H](CO)[C@@H](O)[C@H](O)[C@H]1O)C1=CC[C@H](O)C=C1. The van der Waals surface area contributed by atoms with Gasteiger partial charge in [0.15, 0.2) is 12.4 Å². The van der Waals surface area contributed by atoms with Gasteiger partial charge in [-0.1, -0.05) is 18.2 Å². The number of aliphatic hydroxyl groups excluding tert-OH is 5. The minimum absolute atomic E-state index is 0.335. The molecule has 0 bridgehead atoms. The minimum Gasteiger partial charge on any atom is -0.394 e. The third kappa shape index (κ3) is 3.53. The average molecular weight is 313 g/mol. The predicted molar refractivity (Wildman–Crippen MR) is 72.1 cm³/mol. The van der Waals surface area contributed by atoms with Crippen molar-refractivity contribution in [3.05, 3.63) is 23.8 Å². The molecule has 0 amide bonds. The smallest absolute Gasteiger partial charge is 0.188 e. The summed E-state index contributed by atoms with van der Waals surface area (Å²) in [5, 5.41) is 56.9. The molecule has 0 spiro atoms. The molecule has 1 saturated heterocycles. The number of ether oxygens (including phenoxy) is 2. The van der Waals surface area contributed by atoms with Crippen LogP contribution in [0.3, 0.4) is 0 Å². The van der Waals surface area contributed by atoms with Crippen molar-refractivity contribution in [2.75, 3.05) is 6.61 Å². The normalized spacial score (nSPS) is 39.9. The number of aliphatic hydroxyl groups is 5. The second kappa shape index (κ2) is 7.30. The molecule has 0 aromatic rings. The summed E-state index contributed by atoms with van der Waals surface area (Å²) in [7, 11) is 0. The van der Waals surface area contributed by atoms with E-state index in [9.17, 15) is 25.7 Å². The molecule has 122 valence electrons. The third-order valence-electron chi connectivity index (χ3n) is 3.64. The summed E-state index contributed by atoms with van der Waals surface area (Å²) >= 11 is 0. The lowest BCUT2D eigenvalue weighted by atomic mass is 9.98. The summed E-state index contributed by atoms with van der Waals surface area (Å²) in [5.41, 5.74) is 0.491. The quantitative estimate of drug-likeness (QED) is 0.399. The summed E-state index contributed by atoms with van der Waals surface area (Å²) < 4.78 is 10.6. The fourth-order valence-electron chi connectivity index (χ4n) is 2.32. The van der Waals surface area contributed by atoms with Crippen molar-refractivity contribution in [3.63, 3.8) is 0 Å². The standard InChI is InChI=1S/C14H19NO7/c15-5-9(7-1-3-8(17)4-2-7)21-14-13(20)12(19)11(18)10(6-16)22-14/h1-3,8-14,16-20H,4,6H2/t8-,9-,10-,11-,12+,13-,14-/m1/s1. The summed E-state index contributed by atoms with van der Waals surface area (Å²) in [6.45, 7) is -0.573. The Morgan fingerprint density at radius 3 is 2.55 bits per heavy atom. The van der Waals surface area contributed by atoms with E-state index in [1.165, 1.54) is 12.2 Å². The molecule has 1 aliphatic heterocycles. The summed E-state index contributed by atoms with van der Waals surface area (Å²) in [4.78, 5) is 0. The number of rotatable bonds is 4. The molecular weight excluding hydrogens is 294 g/mol. The molecule has 1 heterocycles. The maximum absolute atomic E-state index is 9.88. The van der Waals surface area contributed by atoms with Crippen LogP contribution < -0.4 is 0 Å². The van der Waals surface area contributed by atoms with Crippen LogP contribution in [-0.4, -0.2) is 75.1 Å². The van der Waals surface area contributed by atoms with Gasteiger partial charge in [0.2, 0.25) is 0 Å². The average Bonchev–Trinajstić information content (AvgIpc) is 2.53. The molecule has 0 radical (unpaired) electrons. The van der Waals surface area contributed by atoms with Crippen LogP contribution in [0, 0.1) is 11.3 Å². The molecule has 0 unspecified atom stereocenters. The van der Waals surface area contributed by atoms with Gasteiger partial charge in [0.05, 0.1) is 18.8 Å². The third-order valence-corrected chi connectivity index (χ3v) is 3.64. The fraction of sp³-hybridized carbons (Fsp3) is 0.643. The van der Waals surface area contributed by atoms with Gasteiger partial charge in [0.25, 0.3) is 0 Å².